The Morgan fingerprint density at radius 3 is 3.11 bits per heavy atom. The molecule has 2 N–H and O–H groups in total. The number of aromatic nitrogens is 1. The lowest BCUT2D eigenvalue weighted by molar-refractivity contribution is 0.0766. The standard InChI is InChI=1S/C14H14N4O/c15-7-10-9-18(5-6-19-10)14-11-3-1-2-4-13(11)17-8-12(14)16/h1-4,8,10H,5-6,9,16H2. The molecule has 1 fully saturated rings. The largest absolute Gasteiger partial charge is 0.396 e. The molecule has 96 valence electrons. The van der Waals surface area contributed by atoms with Crippen molar-refractivity contribution < 1.29 is 4.74 Å². The van der Waals surface area contributed by atoms with E-state index >= 15 is 0 Å². The molecule has 2 aromatic rings. The molecule has 3 rings (SSSR count). The van der Waals surface area contributed by atoms with Crippen molar-refractivity contribution in [1.29, 1.82) is 5.26 Å². The first kappa shape index (κ1) is 11.8. The van der Waals surface area contributed by atoms with Crippen LogP contribution in [0.1, 0.15) is 0 Å². The average Bonchev–Trinajstić information content (AvgIpc) is 2.47. The van der Waals surface area contributed by atoms with E-state index < -0.39 is 6.10 Å². The number of morpholine rings is 1. The summed E-state index contributed by atoms with van der Waals surface area (Å²) in [5.41, 5.74) is 8.57. The van der Waals surface area contributed by atoms with Gasteiger partial charge >= 0.3 is 0 Å². The number of pyridine rings is 1. The molecule has 1 aliphatic rings. The zero-order valence-corrected chi connectivity index (χ0v) is 10.4. The second-order valence-electron chi connectivity index (χ2n) is 4.51. The molecule has 1 aliphatic heterocycles. The van der Waals surface area contributed by atoms with Gasteiger partial charge in [0, 0.05) is 11.9 Å². The summed E-state index contributed by atoms with van der Waals surface area (Å²) in [6.45, 7) is 1.80. The van der Waals surface area contributed by atoms with Gasteiger partial charge in [-0.05, 0) is 6.07 Å². The number of nitrogens with zero attached hydrogens (tertiary/aromatic N) is 3. The number of anilines is 2. The Hall–Kier alpha value is -2.32. The second-order valence-corrected chi connectivity index (χ2v) is 4.51. The Labute approximate surface area is 111 Å². The number of hydrogen-bond donors (Lipinski definition) is 1. The van der Waals surface area contributed by atoms with Crippen LogP contribution in [-0.4, -0.2) is 30.8 Å². The maximum Gasteiger partial charge on any atom is 0.161 e. The third-order valence-electron chi connectivity index (χ3n) is 3.30. The highest BCUT2D eigenvalue weighted by atomic mass is 16.5. The number of benzene rings is 1. The van der Waals surface area contributed by atoms with E-state index in [-0.39, 0.29) is 0 Å². The van der Waals surface area contributed by atoms with Crippen LogP contribution in [0.25, 0.3) is 10.9 Å². The van der Waals surface area contributed by atoms with E-state index in [0.29, 0.717) is 18.8 Å². The van der Waals surface area contributed by atoms with Crippen LogP contribution in [0.2, 0.25) is 0 Å². The van der Waals surface area contributed by atoms with Crippen LogP contribution in [0.4, 0.5) is 11.4 Å². The third kappa shape index (κ3) is 2.07. The number of nitrogen functional groups attached to an aromatic ring is 1. The summed E-state index contributed by atoms with van der Waals surface area (Å²) < 4.78 is 5.37. The summed E-state index contributed by atoms with van der Waals surface area (Å²) >= 11 is 0. The first-order valence-electron chi connectivity index (χ1n) is 6.19. The van der Waals surface area contributed by atoms with Crippen LogP contribution in [0.5, 0.6) is 0 Å². The number of nitrogens with two attached hydrogens (primary N) is 1. The normalized spacial score (nSPS) is 19.3. The molecule has 1 unspecified atom stereocenters. The van der Waals surface area contributed by atoms with Crippen molar-refractivity contribution in [2.75, 3.05) is 30.3 Å². The number of hydrogen-bond acceptors (Lipinski definition) is 5. The Balaban J connectivity index is 2.09. The fraction of sp³-hybridized carbons (Fsp3) is 0.286. The second kappa shape index (κ2) is 4.75. The molecule has 19 heavy (non-hydrogen) atoms. The average molecular weight is 254 g/mol. The number of para-hydroxylation sites is 1. The van der Waals surface area contributed by atoms with Gasteiger partial charge in [0.2, 0.25) is 0 Å². The lowest BCUT2D eigenvalue weighted by Gasteiger charge is -2.33. The first-order valence-corrected chi connectivity index (χ1v) is 6.19. The lowest BCUT2D eigenvalue weighted by Crippen LogP contribution is -2.42. The highest BCUT2D eigenvalue weighted by molar-refractivity contribution is 5.97. The maximum atomic E-state index is 8.99. The van der Waals surface area contributed by atoms with Crippen molar-refractivity contribution in [1.82, 2.24) is 4.98 Å². The van der Waals surface area contributed by atoms with Gasteiger partial charge in [0.05, 0.1) is 42.3 Å². The molecule has 0 radical (unpaired) electrons. The topological polar surface area (TPSA) is 75.2 Å². The van der Waals surface area contributed by atoms with Gasteiger partial charge in [-0.15, -0.1) is 0 Å². The molecular weight excluding hydrogens is 240 g/mol. The molecule has 1 aromatic carbocycles. The van der Waals surface area contributed by atoms with E-state index in [4.69, 9.17) is 15.7 Å². The first-order chi connectivity index (χ1) is 9.29. The SMILES string of the molecule is N#CC1CN(c2c(N)cnc3ccccc23)CCO1. The van der Waals surface area contributed by atoms with Crippen LogP contribution >= 0.6 is 0 Å². The zero-order valence-electron chi connectivity index (χ0n) is 10.4. The van der Waals surface area contributed by atoms with Crippen LogP contribution < -0.4 is 10.6 Å². The smallest absolute Gasteiger partial charge is 0.161 e. The quantitative estimate of drug-likeness (QED) is 0.835. The number of ether oxygens (including phenoxy) is 1. The molecule has 0 amide bonds. The van der Waals surface area contributed by atoms with Crippen molar-refractivity contribution in [3.8, 4) is 6.07 Å². The fourth-order valence-corrected chi connectivity index (χ4v) is 2.43. The Morgan fingerprint density at radius 1 is 1.42 bits per heavy atom. The van der Waals surface area contributed by atoms with Crippen molar-refractivity contribution >= 4 is 22.3 Å². The van der Waals surface area contributed by atoms with Gasteiger partial charge < -0.3 is 15.4 Å². The minimum atomic E-state index is -0.403. The Bertz CT molecular complexity index is 649. The van der Waals surface area contributed by atoms with Gasteiger partial charge in [0.1, 0.15) is 0 Å². The monoisotopic (exact) mass is 254 g/mol. The summed E-state index contributed by atoms with van der Waals surface area (Å²) in [6, 6.07) is 10.0. The molecule has 0 saturated carbocycles. The van der Waals surface area contributed by atoms with E-state index in [1.807, 2.05) is 24.3 Å². The van der Waals surface area contributed by atoms with Crippen LogP contribution in [0, 0.1) is 11.3 Å². The lowest BCUT2D eigenvalue weighted by atomic mass is 10.1. The summed E-state index contributed by atoms with van der Waals surface area (Å²) in [4.78, 5) is 6.44. The minimum absolute atomic E-state index is 0.403. The molecule has 0 spiro atoms. The van der Waals surface area contributed by atoms with E-state index in [2.05, 4.69) is 16.0 Å². The molecule has 5 nitrogen and oxygen atoms in total. The molecular formula is C14H14N4O. The minimum Gasteiger partial charge on any atom is -0.396 e. The molecule has 0 bridgehead atoms. The van der Waals surface area contributed by atoms with Crippen LogP contribution in [-0.2, 0) is 4.74 Å². The van der Waals surface area contributed by atoms with Crippen molar-refractivity contribution in [2.24, 2.45) is 0 Å². The Morgan fingerprint density at radius 2 is 2.26 bits per heavy atom. The molecule has 2 heterocycles. The molecule has 5 heteroatoms. The molecule has 1 aromatic heterocycles. The van der Waals surface area contributed by atoms with Crippen LogP contribution in [0.3, 0.4) is 0 Å². The molecule has 1 atom stereocenters. The molecule has 0 aliphatic carbocycles. The Kier molecular flexibility index (Phi) is 2.94. The number of rotatable bonds is 1. The number of fused-ring (bicyclic) bond motifs is 1. The van der Waals surface area contributed by atoms with Gasteiger partial charge in [0.25, 0.3) is 0 Å². The highest BCUT2D eigenvalue weighted by Crippen LogP contribution is 2.32. The van der Waals surface area contributed by atoms with E-state index in [9.17, 15) is 0 Å². The van der Waals surface area contributed by atoms with Crippen molar-refractivity contribution in [3.63, 3.8) is 0 Å². The highest BCUT2D eigenvalue weighted by Gasteiger charge is 2.23. The molecule has 1 saturated heterocycles. The van der Waals surface area contributed by atoms with E-state index in [1.54, 1.807) is 6.20 Å². The summed E-state index contributed by atoms with van der Waals surface area (Å²) in [7, 11) is 0. The van der Waals surface area contributed by atoms with Gasteiger partial charge in [-0.2, -0.15) is 5.26 Å². The van der Waals surface area contributed by atoms with E-state index in [0.717, 1.165) is 23.1 Å². The summed E-state index contributed by atoms with van der Waals surface area (Å²) in [6.07, 6.45) is 1.27. The maximum absolute atomic E-state index is 8.99. The predicted octanol–water partition coefficient (Wildman–Crippen LogP) is 1.55. The van der Waals surface area contributed by atoms with Crippen molar-refractivity contribution in [2.45, 2.75) is 6.10 Å². The van der Waals surface area contributed by atoms with Gasteiger partial charge in [-0.1, -0.05) is 18.2 Å². The number of nitriles is 1. The fourth-order valence-electron chi connectivity index (χ4n) is 2.43. The van der Waals surface area contributed by atoms with Gasteiger partial charge in [-0.3, -0.25) is 4.98 Å². The van der Waals surface area contributed by atoms with Gasteiger partial charge in [0.15, 0.2) is 6.10 Å². The van der Waals surface area contributed by atoms with E-state index in [1.165, 1.54) is 0 Å². The predicted molar refractivity (Wildman–Crippen MR) is 73.7 cm³/mol. The summed E-state index contributed by atoms with van der Waals surface area (Å²) in [5, 5.41) is 10.0. The third-order valence-corrected chi connectivity index (χ3v) is 3.30. The van der Waals surface area contributed by atoms with Crippen LogP contribution in [0.15, 0.2) is 30.5 Å². The van der Waals surface area contributed by atoms with Gasteiger partial charge in [-0.25, -0.2) is 0 Å². The zero-order chi connectivity index (χ0) is 13.2. The summed E-state index contributed by atoms with van der Waals surface area (Å²) in [5.74, 6) is 0. The van der Waals surface area contributed by atoms with Crippen molar-refractivity contribution in [3.05, 3.63) is 30.5 Å².